The van der Waals surface area contributed by atoms with Crippen LogP contribution < -0.4 is 4.74 Å². The first-order valence-electron chi connectivity index (χ1n) is 6.13. The Morgan fingerprint density at radius 3 is 2.89 bits per heavy atom. The molecule has 1 aromatic heterocycles. The molecule has 2 aromatic rings. The zero-order valence-corrected chi connectivity index (χ0v) is 13.3. The van der Waals surface area contributed by atoms with Gasteiger partial charge in [-0.2, -0.15) is 0 Å². The molecule has 102 valence electrons. The molecule has 1 heterocycles. The molecule has 2 rings (SSSR count). The van der Waals surface area contributed by atoms with Gasteiger partial charge in [-0.1, -0.05) is 22.9 Å². The van der Waals surface area contributed by atoms with Gasteiger partial charge in [0.2, 0.25) is 0 Å². The molecule has 3 nitrogen and oxygen atoms in total. The maximum absolute atomic E-state index is 9.75. The molecule has 5 heteroatoms. The van der Waals surface area contributed by atoms with Crippen LogP contribution in [0.5, 0.6) is 5.75 Å². The summed E-state index contributed by atoms with van der Waals surface area (Å²) in [6, 6.07) is 5.64. The average molecular weight is 342 g/mol. The van der Waals surface area contributed by atoms with Gasteiger partial charge in [0.25, 0.3) is 0 Å². The molecular weight excluding hydrogens is 326 g/mol. The smallest absolute Gasteiger partial charge is 0.131 e. The fourth-order valence-electron chi connectivity index (χ4n) is 1.71. The number of rotatable bonds is 5. The van der Waals surface area contributed by atoms with E-state index in [0.29, 0.717) is 12.4 Å². The summed E-state index contributed by atoms with van der Waals surface area (Å²) in [5.74, 6) is 0.698. The van der Waals surface area contributed by atoms with Gasteiger partial charge >= 0.3 is 0 Å². The monoisotopic (exact) mass is 341 g/mol. The van der Waals surface area contributed by atoms with Crippen molar-refractivity contribution in [2.45, 2.75) is 33.0 Å². The largest absolute Gasteiger partial charge is 0.487 e. The van der Waals surface area contributed by atoms with Crippen LogP contribution in [-0.2, 0) is 13.0 Å². The Kier molecular flexibility index (Phi) is 4.96. The minimum absolute atomic E-state index is 0.428. The topological polar surface area (TPSA) is 42.4 Å². The van der Waals surface area contributed by atoms with Crippen LogP contribution >= 0.6 is 27.3 Å². The molecule has 0 aliphatic heterocycles. The molecule has 0 saturated heterocycles. The van der Waals surface area contributed by atoms with Gasteiger partial charge in [0.1, 0.15) is 12.4 Å². The molecule has 0 amide bonds. The number of benzene rings is 1. The minimum Gasteiger partial charge on any atom is -0.487 e. The second-order valence-corrected chi connectivity index (χ2v) is 6.09. The highest BCUT2D eigenvalue weighted by molar-refractivity contribution is 9.10. The van der Waals surface area contributed by atoms with Crippen molar-refractivity contribution in [2.24, 2.45) is 0 Å². The summed E-state index contributed by atoms with van der Waals surface area (Å²) in [7, 11) is 0. The minimum atomic E-state index is -0.561. The summed E-state index contributed by atoms with van der Waals surface area (Å²) >= 11 is 5.05. The van der Waals surface area contributed by atoms with Crippen molar-refractivity contribution in [3.8, 4) is 5.75 Å². The van der Waals surface area contributed by atoms with Crippen LogP contribution in [0.25, 0.3) is 0 Å². The summed E-state index contributed by atoms with van der Waals surface area (Å²) in [4.78, 5) is 4.46. The molecular formula is C14H16BrNO2S. The molecule has 0 fully saturated rings. The number of aliphatic hydroxyl groups is 1. The summed E-state index contributed by atoms with van der Waals surface area (Å²) in [6.45, 7) is 4.24. The van der Waals surface area contributed by atoms with Crippen LogP contribution in [-0.4, -0.2) is 10.1 Å². The molecule has 19 heavy (non-hydrogen) atoms. The van der Waals surface area contributed by atoms with Gasteiger partial charge in [-0.25, -0.2) is 4.98 Å². The highest BCUT2D eigenvalue weighted by atomic mass is 79.9. The van der Waals surface area contributed by atoms with Crippen LogP contribution in [0.3, 0.4) is 0 Å². The number of hydrogen-bond acceptors (Lipinski definition) is 4. The van der Waals surface area contributed by atoms with Gasteiger partial charge in [0, 0.05) is 15.4 Å². The third-order valence-corrected chi connectivity index (χ3v) is 4.23. The van der Waals surface area contributed by atoms with Gasteiger partial charge in [-0.3, -0.25) is 0 Å². The Hall–Kier alpha value is -0.910. The number of hydrogen-bond donors (Lipinski definition) is 1. The first-order valence-corrected chi connectivity index (χ1v) is 7.81. The molecule has 1 N–H and O–H groups in total. The lowest BCUT2D eigenvalue weighted by molar-refractivity contribution is 0.189. The SMILES string of the molecule is CCc1nc(COc2ccc(Br)cc2[C@@H](C)O)cs1. The van der Waals surface area contributed by atoms with Crippen LogP contribution in [0, 0.1) is 0 Å². The molecule has 0 unspecified atom stereocenters. The molecule has 0 radical (unpaired) electrons. The third-order valence-electron chi connectivity index (χ3n) is 2.70. The van der Waals surface area contributed by atoms with Crippen LogP contribution in [0.15, 0.2) is 28.1 Å². The van der Waals surface area contributed by atoms with Gasteiger partial charge in [0.15, 0.2) is 0 Å². The Morgan fingerprint density at radius 1 is 1.47 bits per heavy atom. The Balaban J connectivity index is 2.10. The molecule has 0 aliphatic carbocycles. The van der Waals surface area contributed by atoms with Gasteiger partial charge in [0.05, 0.1) is 16.8 Å². The van der Waals surface area contributed by atoms with E-state index in [1.54, 1.807) is 18.3 Å². The fraction of sp³-hybridized carbons (Fsp3) is 0.357. The third kappa shape index (κ3) is 3.78. The Bertz CT molecular complexity index is 554. The lowest BCUT2D eigenvalue weighted by Gasteiger charge is -2.13. The number of aryl methyl sites for hydroxylation is 1. The quantitative estimate of drug-likeness (QED) is 0.890. The lowest BCUT2D eigenvalue weighted by atomic mass is 10.1. The Morgan fingerprint density at radius 2 is 2.26 bits per heavy atom. The average Bonchev–Trinajstić information content (AvgIpc) is 2.85. The number of nitrogens with zero attached hydrogens (tertiary/aromatic N) is 1. The van der Waals surface area contributed by atoms with Crippen molar-refractivity contribution in [3.63, 3.8) is 0 Å². The zero-order valence-electron chi connectivity index (χ0n) is 10.9. The van der Waals surface area contributed by atoms with E-state index in [1.807, 2.05) is 23.6 Å². The predicted molar refractivity (Wildman–Crippen MR) is 80.6 cm³/mol. The van der Waals surface area contributed by atoms with E-state index < -0.39 is 6.10 Å². The van der Waals surface area contributed by atoms with Crippen molar-refractivity contribution in [1.82, 2.24) is 4.98 Å². The number of thiazole rings is 1. The summed E-state index contributed by atoms with van der Waals surface area (Å²) in [5, 5.41) is 12.9. The van der Waals surface area contributed by atoms with E-state index in [-0.39, 0.29) is 0 Å². The maximum atomic E-state index is 9.75. The lowest BCUT2D eigenvalue weighted by Crippen LogP contribution is -2.01. The van der Waals surface area contributed by atoms with Crippen molar-refractivity contribution in [2.75, 3.05) is 0 Å². The van der Waals surface area contributed by atoms with E-state index >= 15 is 0 Å². The first kappa shape index (κ1) is 14.5. The number of halogens is 1. The van der Waals surface area contributed by atoms with Crippen molar-refractivity contribution in [1.29, 1.82) is 0 Å². The number of ether oxygens (including phenoxy) is 1. The maximum Gasteiger partial charge on any atom is 0.131 e. The van der Waals surface area contributed by atoms with Crippen molar-refractivity contribution >= 4 is 27.3 Å². The summed E-state index contributed by atoms with van der Waals surface area (Å²) < 4.78 is 6.69. The fourth-order valence-corrected chi connectivity index (χ4v) is 2.81. The summed E-state index contributed by atoms with van der Waals surface area (Å²) in [6.07, 6.45) is 0.385. The van der Waals surface area contributed by atoms with Gasteiger partial charge < -0.3 is 9.84 Å². The van der Waals surface area contributed by atoms with E-state index in [4.69, 9.17) is 4.74 Å². The molecule has 0 spiro atoms. The van der Waals surface area contributed by atoms with Crippen molar-refractivity contribution in [3.05, 3.63) is 44.3 Å². The molecule has 0 bridgehead atoms. The van der Waals surface area contributed by atoms with E-state index in [0.717, 1.165) is 27.2 Å². The van der Waals surface area contributed by atoms with Crippen molar-refractivity contribution < 1.29 is 9.84 Å². The van der Waals surface area contributed by atoms with Crippen LogP contribution in [0.4, 0.5) is 0 Å². The Labute approximate surface area is 125 Å². The first-order chi connectivity index (χ1) is 9.10. The second-order valence-electron chi connectivity index (χ2n) is 4.23. The molecule has 0 saturated carbocycles. The normalized spacial score (nSPS) is 12.4. The van der Waals surface area contributed by atoms with E-state index in [1.165, 1.54) is 0 Å². The second kappa shape index (κ2) is 6.50. The van der Waals surface area contributed by atoms with Crippen LogP contribution in [0.2, 0.25) is 0 Å². The van der Waals surface area contributed by atoms with E-state index in [9.17, 15) is 5.11 Å². The molecule has 1 atom stereocenters. The molecule has 1 aromatic carbocycles. The van der Waals surface area contributed by atoms with Crippen LogP contribution in [0.1, 0.15) is 36.2 Å². The standard InChI is InChI=1S/C14H16BrNO2S/c1-3-14-16-11(8-19-14)7-18-13-5-4-10(15)6-12(13)9(2)17/h4-6,8-9,17H,3,7H2,1-2H3/t9-/m1/s1. The van der Waals surface area contributed by atoms with E-state index in [2.05, 4.69) is 27.8 Å². The number of aromatic nitrogens is 1. The predicted octanol–water partition coefficient (Wildman–Crippen LogP) is 4.10. The number of aliphatic hydroxyl groups excluding tert-OH is 1. The highest BCUT2D eigenvalue weighted by Gasteiger charge is 2.10. The summed E-state index contributed by atoms with van der Waals surface area (Å²) in [5.41, 5.74) is 1.71. The zero-order chi connectivity index (χ0) is 13.8. The molecule has 0 aliphatic rings. The highest BCUT2D eigenvalue weighted by Crippen LogP contribution is 2.29. The van der Waals surface area contributed by atoms with Gasteiger partial charge in [-0.05, 0) is 31.5 Å². The van der Waals surface area contributed by atoms with Gasteiger partial charge in [-0.15, -0.1) is 11.3 Å².